The molecule has 3 aromatic heterocycles. The third kappa shape index (κ3) is 7.95. The summed E-state index contributed by atoms with van der Waals surface area (Å²) in [5.41, 5.74) is 23.4. The van der Waals surface area contributed by atoms with Gasteiger partial charge in [0.25, 0.3) is 6.71 Å². The van der Waals surface area contributed by atoms with Crippen LogP contribution in [0.15, 0.2) is 121 Å². The minimum absolute atomic E-state index is 0.00282. The zero-order valence-electron chi connectivity index (χ0n) is 49.1. The van der Waals surface area contributed by atoms with Crippen LogP contribution in [0.2, 0.25) is 0 Å². The van der Waals surface area contributed by atoms with Crippen LogP contribution in [0.4, 0.5) is 0 Å². The Hall–Kier alpha value is -6.79. The fourth-order valence-electron chi connectivity index (χ4n) is 15.0. The van der Waals surface area contributed by atoms with Crippen LogP contribution in [-0.2, 0) is 21.7 Å². The minimum atomic E-state index is -0.115. The average Bonchev–Trinajstić information content (AvgIpc) is 2.29. The first kappa shape index (κ1) is 50.4. The maximum absolute atomic E-state index is 5.54. The molecule has 5 nitrogen and oxygen atoms in total. The molecule has 14 rings (SSSR count). The highest BCUT2D eigenvalue weighted by molar-refractivity contribution is 7.00. The van der Waals surface area contributed by atoms with Gasteiger partial charge in [-0.2, -0.15) is 0 Å². The standard InChI is InChI=1S/C73H78BN5/c1-70(2,3)48-39-52(72(7,8)9)62-56(41-48)78-58-37-47(69-76-67(45-29-21-15-22-30-45)75-68(77-69)46-31-23-16-24-32-46)38-59-64(58)74(54-35-33-50(60(62)65(54)78)43-25-17-13-18-26-43)55-36-34-51(44-27-19-14-20-28-44)61-63-53(73(10,11)12)40-49(71(4,5)6)42-57(63)79(59)66(55)61/h15-16,21-24,29-44H,13-14,17-20,25-28H2,1-12H3. The molecule has 2 aliphatic heterocycles. The molecule has 2 fully saturated rings. The van der Waals surface area contributed by atoms with E-state index in [1.807, 2.05) is 0 Å². The van der Waals surface area contributed by atoms with E-state index in [2.05, 4.69) is 214 Å². The van der Waals surface area contributed by atoms with Crippen molar-refractivity contribution in [2.45, 2.75) is 181 Å². The largest absolute Gasteiger partial charge is 0.310 e. The van der Waals surface area contributed by atoms with E-state index in [9.17, 15) is 0 Å². The lowest BCUT2D eigenvalue weighted by Gasteiger charge is -2.35. The van der Waals surface area contributed by atoms with Crippen molar-refractivity contribution in [3.8, 4) is 45.5 Å². The van der Waals surface area contributed by atoms with Crippen LogP contribution in [0.1, 0.15) is 193 Å². The van der Waals surface area contributed by atoms with E-state index >= 15 is 0 Å². The summed E-state index contributed by atoms with van der Waals surface area (Å²) in [6, 6.07) is 46.8. The molecule has 0 spiro atoms. The minimum Gasteiger partial charge on any atom is -0.310 e. The van der Waals surface area contributed by atoms with Crippen molar-refractivity contribution < 1.29 is 0 Å². The lowest BCUT2D eigenvalue weighted by molar-refractivity contribution is 0.445. The van der Waals surface area contributed by atoms with Gasteiger partial charge in [0.2, 0.25) is 0 Å². The van der Waals surface area contributed by atoms with E-state index in [0.717, 1.165) is 16.7 Å². The Morgan fingerprint density at radius 2 is 0.772 bits per heavy atom. The van der Waals surface area contributed by atoms with Gasteiger partial charge in [-0.15, -0.1) is 0 Å². The third-order valence-corrected chi connectivity index (χ3v) is 19.1. The molecule has 6 heteroatoms. The summed E-state index contributed by atoms with van der Waals surface area (Å²) >= 11 is 0. The fourth-order valence-corrected chi connectivity index (χ4v) is 15.0. The lowest BCUT2D eigenvalue weighted by atomic mass is 9.34. The molecule has 0 atom stereocenters. The molecule has 4 aliphatic rings. The smallest absolute Gasteiger partial charge is 0.252 e. The lowest BCUT2D eigenvalue weighted by Crippen LogP contribution is -2.59. The van der Waals surface area contributed by atoms with Crippen molar-refractivity contribution >= 4 is 66.7 Å². The van der Waals surface area contributed by atoms with Gasteiger partial charge in [0.1, 0.15) is 0 Å². The molecule has 0 saturated heterocycles. The van der Waals surface area contributed by atoms with Crippen molar-refractivity contribution in [2.75, 3.05) is 0 Å². The fraction of sp³-hybridized carbons (Fsp3) is 0.384. The van der Waals surface area contributed by atoms with E-state index < -0.39 is 0 Å². The SMILES string of the molecule is CC(C)(C)c1cc(C(C)(C)C)c2c3c(C4CCCCC4)ccc4c3n(c2c1)-c1cc(-c2nc(-c3ccccc3)nc(-c3ccccc3)n2)cc2c1B4c1ccc(C3CCCCC3)c3c4c(C(C)(C)C)cc(C(C)(C)C)cc4n-2c13. The second-order valence-electron chi connectivity index (χ2n) is 28.5. The number of benzene rings is 7. The number of hydrogen-bond acceptors (Lipinski definition) is 3. The highest BCUT2D eigenvalue weighted by Crippen LogP contribution is 2.51. The van der Waals surface area contributed by atoms with Crippen LogP contribution in [0.3, 0.4) is 0 Å². The summed E-state index contributed by atoms with van der Waals surface area (Å²) in [5.74, 6) is 3.07. The molecule has 0 amide bonds. The van der Waals surface area contributed by atoms with Crippen molar-refractivity contribution in [1.82, 2.24) is 24.1 Å². The van der Waals surface area contributed by atoms with Gasteiger partial charge in [0.05, 0.1) is 11.0 Å². The van der Waals surface area contributed by atoms with Crippen LogP contribution in [-0.4, -0.2) is 30.8 Å². The van der Waals surface area contributed by atoms with E-state index in [0.29, 0.717) is 29.3 Å². The first-order valence-corrected chi connectivity index (χ1v) is 30.1. The van der Waals surface area contributed by atoms with Gasteiger partial charge in [-0.3, -0.25) is 0 Å². The van der Waals surface area contributed by atoms with Gasteiger partial charge in [-0.25, -0.2) is 15.0 Å². The van der Waals surface area contributed by atoms with Gasteiger partial charge in [0, 0.05) is 60.6 Å². The molecule has 5 heterocycles. The molecule has 0 unspecified atom stereocenters. The number of nitrogens with zero attached hydrogens (tertiary/aromatic N) is 5. The van der Waals surface area contributed by atoms with Crippen molar-refractivity contribution in [3.63, 3.8) is 0 Å². The average molecular weight is 1040 g/mol. The van der Waals surface area contributed by atoms with Crippen LogP contribution < -0.4 is 16.4 Å². The molecule has 2 aliphatic carbocycles. The monoisotopic (exact) mass is 1040 g/mol. The Kier molecular flexibility index (Phi) is 11.4. The highest BCUT2D eigenvalue weighted by Gasteiger charge is 2.44. The molecule has 79 heavy (non-hydrogen) atoms. The predicted molar refractivity (Wildman–Crippen MR) is 336 cm³/mol. The van der Waals surface area contributed by atoms with Gasteiger partial charge < -0.3 is 9.13 Å². The van der Waals surface area contributed by atoms with Crippen LogP contribution in [0.25, 0.3) is 89.2 Å². The van der Waals surface area contributed by atoms with Crippen molar-refractivity contribution in [1.29, 1.82) is 0 Å². The van der Waals surface area contributed by atoms with Crippen LogP contribution in [0.5, 0.6) is 0 Å². The first-order valence-electron chi connectivity index (χ1n) is 30.1. The third-order valence-electron chi connectivity index (χ3n) is 19.1. The zero-order chi connectivity index (χ0) is 54.7. The maximum atomic E-state index is 5.54. The topological polar surface area (TPSA) is 48.5 Å². The maximum Gasteiger partial charge on any atom is 0.252 e. The Labute approximate surface area is 469 Å². The molecular formula is C73H78BN5. The number of fused-ring (bicyclic) bond motifs is 10. The van der Waals surface area contributed by atoms with Gasteiger partial charge in [-0.05, 0) is 133 Å². The number of aromatic nitrogens is 5. The molecule has 7 aromatic carbocycles. The quantitative estimate of drug-likeness (QED) is 0.161. The molecule has 0 N–H and O–H groups in total. The summed E-state index contributed by atoms with van der Waals surface area (Å²) in [6.45, 7) is 29.0. The molecule has 2 saturated carbocycles. The molecule has 10 aromatic rings. The second-order valence-corrected chi connectivity index (χ2v) is 28.5. The van der Waals surface area contributed by atoms with Crippen LogP contribution >= 0.6 is 0 Å². The van der Waals surface area contributed by atoms with Gasteiger partial charge in [-0.1, -0.05) is 219 Å². The van der Waals surface area contributed by atoms with E-state index in [1.165, 1.54) is 158 Å². The van der Waals surface area contributed by atoms with Gasteiger partial charge >= 0.3 is 0 Å². The molecule has 0 bridgehead atoms. The summed E-state index contributed by atoms with van der Waals surface area (Å²) in [6.07, 6.45) is 12.8. The summed E-state index contributed by atoms with van der Waals surface area (Å²) < 4.78 is 5.52. The normalized spacial score (nSPS) is 16.2. The molecular weight excluding hydrogens is 958 g/mol. The highest BCUT2D eigenvalue weighted by atomic mass is 15.1. The Balaban J connectivity index is 1.21. The van der Waals surface area contributed by atoms with Crippen molar-refractivity contribution in [2.24, 2.45) is 0 Å². The second kappa shape index (κ2) is 17.9. The Bertz CT molecular complexity index is 3860. The van der Waals surface area contributed by atoms with Crippen LogP contribution in [0, 0.1) is 0 Å². The van der Waals surface area contributed by atoms with E-state index in [4.69, 9.17) is 15.0 Å². The van der Waals surface area contributed by atoms with E-state index in [1.54, 1.807) is 11.1 Å². The molecule has 0 radical (unpaired) electrons. The molecule has 398 valence electrons. The summed E-state index contributed by atoms with van der Waals surface area (Å²) in [4.78, 5) is 16.3. The number of rotatable bonds is 5. The summed E-state index contributed by atoms with van der Waals surface area (Å²) in [5, 5.41) is 5.82. The number of hydrogen-bond donors (Lipinski definition) is 0. The first-order chi connectivity index (χ1) is 37.7. The predicted octanol–water partition coefficient (Wildman–Crippen LogP) is 17.5. The van der Waals surface area contributed by atoms with E-state index in [-0.39, 0.29) is 28.4 Å². The van der Waals surface area contributed by atoms with Crippen molar-refractivity contribution in [3.05, 3.63) is 155 Å². The summed E-state index contributed by atoms with van der Waals surface area (Å²) in [7, 11) is 0. The Morgan fingerprint density at radius 1 is 0.392 bits per heavy atom. The Morgan fingerprint density at radius 3 is 1.14 bits per heavy atom. The van der Waals surface area contributed by atoms with Gasteiger partial charge in [0.15, 0.2) is 17.5 Å². The zero-order valence-corrected chi connectivity index (χ0v) is 49.1.